The molecule has 1 fully saturated rings. The van der Waals surface area contributed by atoms with Gasteiger partial charge in [-0.15, -0.1) is 0 Å². The molecule has 0 radical (unpaired) electrons. The van der Waals surface area contributed by atoms with E-state index in [-0.39, 0.29) is 11.9 Å². The molecule has 0 saturated carbocycles. The Morgan fingerprint density at radius 2 is 2.28 bits per heavy atom. The quantitative estimate of drug-likeness (QED) is 0.888. The van der Waals surface area contributed by atoms with Gasteiger partial charge < -0.3 is 9.84 Å². The van der Waals surface area contributed by atoms with Crippen LogP contribution in [-0.2, 0) is 4.74 Å². The maximum Gasteiger partial charge on any atom is 0.126 e. The second-order valence-corrected chi connectivity index (χ2v) is 5.09. The summed E-state index contributed by atoms with van der Waals surface area (Å²) in [7, 11) is 0. The minimum atomic E-state index is -0.592. The van der Waals surface area contributed by atoms with Crippen LogP contribution in [0.3, 0.4) is 0 Å². The summed E-state index contributed by atoms with van der Waals surface area (Å²) in [6.45, 7) is 2.56. The summed E-state index contributed by atoms with van der Waals surface area (Å²) in [6, 6.07) is 4.94. The Morgan fingerprint density at radius 1 is 1.44 bits per heavy atom. The van der Waals surface area contributed by atoms with E-state index in [0.717, 1.165) is 25.9 Å². The lowest BCUT2D eigenvalue weighted by Crippen LogP contribution is -2.19. The summed E-state index contributed by atoms with van der Waals surface area (Å²) in [5.41, 5.74) is 1.27. The fourth-order valence-corrected chi connectivity index (χ4v) is 2.36. The highest BCUT2D eigenvalue weighted by molar-refractivity contribution is 5.24. The van der Waals surface area contributed by atoms with Crippen molar-refractivity contribution in [1.82, 2.24) is 0 Å². The van der Waals surface area contributed by atoms with Crippen molar-refractivity contribution in [2.45, 2.75) is 51.2 Å². The van der Waals surface area contributed by atoms with Crippen molar-refractivity contribution in [1.29, 1.82) is 0 Å². The van der Waals surface area contributed by atoms with Gasteiger partial charge in [0, 0.05) is 6.61 Å². The summed E-state index contributed by atoms with van der Waals surface area (Å²) >= 11 is 0. The number of rotatable bonds is 4. The fourth-order valence-electron chi connectivity index (χ4n) is 2.36. The molecule has 1 heterocycles. The van der Waals surface area contributed by atoms with Crippen LogP contribution in [0.4, 0.5) is 4.39 Å². The zero-order chi connectivity index (χ0) is 13.0. The molecule has 0 spiro atoms. The Labute approximate surface area is 108 Å². The van der Waals surface area contributed by atoms with E-state index in [1.807, 2.05) is 0 Å². The van der Waals surface area contributed by atoms with Gasteiger partial charge in [0.2, 0.25) is 0 Å². The van der Waals surface area contributed by atoms with Gasteiger partial charge >= 0.3 is 0 Å². The van der Waals surface area contributed by atoms with Crippen molar-refractivity contribution in [2.24, 2.45) is 0 Å². The fraction of sp³-hybridized carbons (Fsp3) is 0.600. The molecule has 2 atom stereocenters. The molecule has 1 saturated heterocycles. The molecule has 2 unspecified atom stereocenters. The first-order valence-electron chi connectivity index (χ1n) is 6.72. The van der Waals surface area contributed by atoms with E-state index in [4.69, 9.17) is 4.74 Å². The summed E-state index contributed by atoms with van der Waals surface area (Å²) in [4.78, 5) is 0. The number of benzene rings is 1. The normalized spacial score (nSPS) is 21.8. The molecule has 0 amide bonds. The molecular formula is C15H21FO2. The largest absolute Gasteiger partial charge is 0.388 e. The van der Waals surface area contributed by atoms with Crippen LogP contribution >= 0.6 is 0 Å². The lowest BCUT2D eigenvalue weighted by atomic mass is 9.98. The van der Waals surface area contributed by atoms with Crippen molar-refractivity contribution >= 4 is 0 Å². The number of aryl methyl sites for hydroxylation is 1. The summed E-state index contributed by atoms with van der Waals surface area (Å²) in [5, 5.41) is 10.0. The Morgan fingerprint density at radius 3 is 2.94 bits per heavy atom. The van der Waals surface area contributed by atoms with Gasteiger partial charge in [0.05, 0.1) is 12.2 Å². The van der Waals surface area contributed by atoms with Crippen LogP contribution in [0, 0.1) is 12.7 Å². The van der Waals surface area contributed by atoms with Crippen molar-refractivity contribution in [2.75, 3.05) is 6.61 Å². The van der Waals surface area contributed by atoms with Crippen molar-refractivity contribution in [3.05, 3.63) is 35.1 Å². The van der Waals surface area contributed by atoms with E-state index < -0.39 is 6.10 Å². The Balaban J connectivity index is 1.86. The zero-order valence-electron chi connectivity index (χ0n) is 10.9. The Kier molecular flexibility index (Phi) is 4.72. The van der Waals surface area contributed by atoms with Gasteiger partial charge in [-0.3, -0.25) is 0 Å². The molecular weight excluding hydrogens is 231 g/mol. The smallest absolute Gasteiger partial charge is 0.126 e. The van der Waals surface area contributed by atoms with Crippen LogP contribution in [0.15, 0.2) is 18.2 Å². The number of hydrogen-bond donors (Lipinski definition) is 1. The van der Waals surface area contributed by atoms with E-state index >= 15 is 0 Å². The van der Waals surface area contributed by atoms with Crippen molar-refractivity contribution < 1.29 is 14.2 Å². The van der Waals surface area contributed by atoms with Gasteiger partial charge in [-0.05, 0) is 56.2 Å². The average Bonchev–Trinajstić information content (AvgIpc) is 2.40. The van der Waals surface area contributed by atoms with Gasteiger partial charge in [0.1, 0.15) is 5.82 Å². The molecule has 1 aromatic carbocycles. The first kappa shape index (κ1) is 13.5. The number of hydrogen-bond acceptors (Lipinski definition) is 2. The monoisotopic (exact) mass is 252 g/mol. The highest BCUT2D eigenvalue weighted by Gasteiger charge is 2.16. The standard InChI is InChI=1S/C15H21FO2/c1-11-5-6-12(10-14(11)16)15(17)8-7-13-4-2-3-9-18-13/h5-6,10,13,15,17H,2-4,7-9H2,1H3. The summed E-state index contributed by atoms with van der Waals surface area (Å²) in [5.74, 6) is -0.250. The molecule has 2 nitrogen and oxygen atoms in total. The lowest BCUT2D eigenvalue weighted by Gasteiger charge is -2.23. The first-order chi connectivity index (χ1) is 8.66. The third kappa shape index (κ3) is 3.53. The maximum absolute atomic E-state index is 13.4. The average molecular weight is 252 g/mol. The van der Waals surface area contributed by atoms with E-state index in [0.29, 0.717) is 17.5 Å². The molecule has 0 bridgehead atoms. The predicted molar refractivity (Wildman–Crippen MR) is 68.9 cm³/mol. The van der Waals surface area contributed by atoms with Crippen LogP contribution in [-0.4, -0.2) is 17.8 Å². The van der Waals surface area contributed by atoms with Crippen LogP contribution in [0.25, 0.3) is 0 Å². The van der Waals surface area contributed by atoms with Gasteiger partial charge in [-0.1, -0.05) is 12.1 Å². The highest BCUT2D eigenvalue weighted by Crippen LogP contribution is 2.24. The van der Waals surface area contributed by atoms with E-state index in [2.05, 4.69) is 0 Å². The van der Waals surface area contributed by atoms with Crippen molar-refractivity contribution in [3.63, 3.8) is 0 Å². The molecule has 100 valence electrons. The SMILES string of the molecule is Cc1ccc(C(O)CCC2CCCCO2)cc1F. The van der Waals surface area contributed by atoms with Crippen LogP contribution in [0.2, 0.25) is 0 Å². The molecule has 3 heteroatoms. The van der Waals surface area contributed by atoms with Gasteiger partial charge in [0.25, 0.3) is 0 Å². The number of ether oxygens (including phenoxy) is 1. The summed E-state index contributed by atoms with van der Waals surface area (Å²) in [6.07, 6.45) is 4.58. The summed E-state index contributed by atoms with van der Waals surface area (Å²) < 4.78 is 19.0. The second-order valence-electron chi connectivity index (χ2n) is 5.09. The zero-order valence-corrected chi connectivity index (χ0v) is 10.9. The minimum absolute atomic E-state index is 0.250. The van der Waals surface area contributed by atoms with Crippen LogP contribution < -0.4 is 0 Å². The van der Waals surface area contributed by atoms with Crippen LogP contribution in [0.5, 0.6) is 0 Å². The number of aliphatic hydroxyl groups excluding tert-OH is 1. The second kappa shape index (κ2) is 6.30. The van der Waals surface area contributed by atoms with Gasteiger partial charge in [0.15, 0.2) is 0 Å². The van der Waals surface area contributed by atoms with E-state index in [1.54, 1.807) is 19.1 Å². The van der Waals surface area contributed by atoms with Gasteiger partial charge in [-0.25, -0.2) is 4.39 Å². The molecule has 0 aliphatic carbocycles. The molecule has 18 heavy (non-hydrogen) atoms. The number of aliphatic hydroxyl groups is 1. The van der Waals surface area contributed by atoms with Crippen LogP contribution in [0.1, 0.15) is 49.3 Å². The third-order valence-electron chi connectivity index (χ3n) is 3.62. The maximum atomic E-state index is 13.4. The van der Waals surface area contributed by atoms with E-state index in [1.165, 1.54) is 12.5 Å². The third-order valence-corrected chi connectivity index (χ3v) is 3.62. The molecule has 1 aromatic rings. The minimum Gasteiger partial charge on any atom is -0.388 e. The Bertz CT molecular complexity index is 386. The highest BCUT2D eigenvalue weighted by atomic mass is 19.1. The first-order valence-corrected chi connectivity index (χ1v) is 6.72. The van der Waals surface area contributed by atoms with E-state index in [9.17, 15) is 9.50 Å². The molecule has 0 aromatic heterocycles. The van der Waals surface area contributed by atoms with Gasteiger partial charge in [-0.2, -0.15) is 0 Å². The molecule has 1 aliphatic heterocycles. The number of halogens is 1. The van der Waals surface area contributed by atoms with Crippen molar-refractivity contribution in [3.8, 4) is 0 Å². The molecule has 1 N–H and O–H groups in total. The topological polar surface area (TPSA) is 29.5 Å². The Hall–Kier alpha value is -0.930. The molecule has 1 aliphatic rings. The predicted octanol–water partition coefficient (Wildman–Crippen LogP) is 3.52. The molecule has 2 rings (SSSR count). The lowest BCUT2D eigenvalue weighted by molar-refractivity contribution is 0.00211.